The highest BCUT2D eigenvalue weighted by Gasteiger charge is 2.22. The molecule has 3 heteroatoms. The van der Waals surface area contributed by atoms with Gasteiger partial charge in [0.15, 0.2) is 5.78 Å². The van der Waals surface area contributed by atoms with Gasteiger partial charge in [0.1, 0.15) is 5.75 Å². The van der Waals surface area contributed by atoms with E-state index in [1.165, 1.54) is 5.56 Å². The highest BCUT2D eigenvalue weighted by Crippen LogP contribution is 2.34. The summed E-state index contributed by atoms with van der Waals surface area (Å²) in [6.45, 7) is 2.08. The molecule has 1 atom stereocenters. The fraction of sp³-hybridized carbons (Fsp3) is 0.160. The number of rotatable bonds is 6. The van der Waals surface area contributed by atoms with Crippen LogP contribution in [0.15, 0.2) is 79.0 Å². The van der Waals surface area contributed by atoms with Gasteiger partial charge in [-0.3, -0.25) is 4.79 Å². The Balaban J connectivity index is 1.72. The Morgan fingerprint density at radius 2 is 1.68 bits per heavy atom. The van der Waals surface area contributed by atoms with E-state index in [1.54, 1.807) is 7.11 Å². The number of fused-ring (bicyclic) bond motifs is 1. The molecular weight excluding hydrogens is 346 g/mol. The van der Waals surface area contributed by atoms with Crippen LogP contribution in [0.5, 0.6) is 5.75 Å². The molecule has 0 aliphatic carbocycles. The number of para-hydroxylation sites is 1. The van der Waals surface area contributed by atoms with Crippen molar-refractivity contribution >= 4 is 16.7 Å². The van der Waals surface area contributed by atoms with Crippen molar-refractivity contribution in [3.8, 4) is 5.75 Å². The maximum absolute atomic E-state index is 13.1. The first kappa shape index (κ1) is 18.1. The van der Waals surface area contributed by atoms with Gasteiger partial charge in [-0.1, -0.05) is 48.0 Å². The lowest BCUT2D eigenvalue weighted by Gasteiger charge is -2.17. The van der Waals surface area contributed by atoms with Crippen LogP contribution in [-0.2, 0) is 0 Å². The number of aromatic nitrogens is 1. The Hall–Kier alpha value is -3.33. The van der Waals surface area contributed by atoms with E-state index in [9.17, 15) is 4.79 Å². The lowest BCUT2D eigenvalue weighted by Crippen LogP contribution is -2.09. The topological polar surface area (TPSA) is 42.1 Å². The van der Waals surface area contributed by atoms with Crippen molar-refractivity contribution in [3.05, 3.63) is 101 Å². The molecule has 140 valence electrons. The van der Waals surface area contributed by atoms with Gasteiger partial charge in [-0.05, 0) is 48.4 Å². The van der Waals surface area contributed by atoms with E-state index < -0.39 is 0 Å². The van der Waals surface area contributed by atoms with Gasteiger partial charge in [-0.15, -0.1) is 0 Å². The minimum absolute atomic E-state index is 0.00801. The van der Waals surface area contributed by atoms with Gasteiger partial charge in [0.2, 0.25) is 0 Å². The highest BCUT2D eigenvalue weighted by molar-refractivity contribution is 5.97. The molecule has 0 radical (unpaired) electrons. The molecule has 28 heavy (non-hydrogen) atoms. The smallest absolute Gasteiger partial charge is 0.163 e. The molecule has 0 aliphatic heterocycles. The Morgan fingerprint density at radius 3 is 2.39 bits per heavy atom. The number of Topliss-reactive ketones (excluding diaryl/α,β-unsaturated/α-hetero) is 1. The van der Waals surface area contributed by atoms with Gasteiger partial charge in [0.05, 0.1) is 7.11 Å². The molecule has 0 aliphatic rings. The monoisotopic (exact) mass is 369 g/mol. The first-order valence-electron chi connectivity index (χ1n) is 9.45. The normalized spacial score (nSPS) is 12.1. The first-order chi connectivity index (χ1) is 13.7. The molecule has 0 amide bonds. The number of carbonyl (C=O) groups is 1. The molecule has 0 saturated heterocycles. The number of methoxy groups -OCH3 is 1. The molecule has 3 aromatic carbocycles. The largest absolute Gasteiger partial charge is 0.497 e. The van der Waals surface area contributed by atoms with Crippen molar-refractivity contribution in [2.45, 2.75) is 19.3 Å². The number of benzene rings is 3. The zero-order valence-corrected chi connectivity index (χ0v) is 16.1. The number of ketones is 1. The van der Waals surface area contributed by atoms with E-state index in [-0.39, 0.29) is 11.7 Å². The second kappa shape index (κ2) is 7.73. The fourth-order valence-electron chi connectivity index (χ4n) is 3.67. The van der Waals surface area contributed by atoms with Crippen LogP contribution in [-0.4, -0.2) is 17.9 Å². The van der Waals surface area contributed by atoms with E-state index in [4.69, 9.17) is 4.74 Å². The molecule has 1 aromatic heterocycles. The lowest BCUT2D eigenvalue weighted by molar-refractivity contribution is 0.0978. The number of nitrogens with one attached hydrogen (secondary N) is 1. The van der Waals surface area contributed by atoms with E-state index in [1.807, 2.05) is 42.6 Å². The number of aryl methyl sites for hydroxylation is 1. The summed E-state index contributed by atoms with van der Waals surface area (Å²) in [7, 11) is 1.63. The molecule has 0 fully saturated rings. The van der Waals surface area contributed by atoms with Gasteiger partial charge in [-0.25, -0.2) is 0 Å². The van der Waals surface area contributed by atoms with Gasteiger partial charge >= 0.3 is 0 Å². The molecule has 4 rings (SSSR count). The zero-order chi connectivity index (χ0) is 19.5. The number of hydrogen-bond acceptors (Lipinski definition) is 2. The minimum atomic E-state index is -0.00801. The number of carbonyl (C=O) groups excluding carboxylic acids is 1. The molecule has 3 nitrogen and oxygen atoms in total. The third-order valence-electron chi connectivity index (χ3n) is 5.28. The minimum Gasteiger partial charge on any atom is -0.497 e. The summed E-state index contributed by atoms with van der Waals surface area (Å²) in [5.74, 6) is 0.869. The zero-order valence-electron chi connectivity index (χ0n) is 16.1. The van der Waals surface area contributed by atoms with Crippen LogP contribution in [0.4, 0.5) is 0 Å². The molecule has 1 unspecified atom stereocenters. The predicted octanol–water partition coefficient (Wildman–Crippen LogP) is 5.89. The van der Waals surface area contributed by atoms with Gasteiger partial charge in [-0.2, -0.15) is 0 Å². The third-order valence-corrected chi connectivity index (χ3v) is 5.28. The van der Waals surface area contributed by atoms with Crippen LogP contribution in [0.3, 0.4) is 0 Å². The number of H-pyrrole nitrogens is 1. The van der Waals surface area contributed by atoms with Crippen LogP contribution in [0.25, 0.3) is 10.9 Å². The molecule has 1 heterocycles. The van der Waals surface area contributed by atoms with Crippen LogP contribution in [0, 0.1) is 6.92 Å². The number of hydrogen-bond donors (Lipinski definition) is 1. The molecule has 1 N–H and O–H groups in total. The van der Waals surface area contributed by atoms with Crippen LogP contribution in [0.1, 0.15) is 39.4 Å². The van der Waals surface area contributed by atoms with Crippen molar-refractivity contribution in [3.63, 3.8) is 0 Å². The van der Waals surface area contributed by atoms with Gasteiger partial charge < -0.3 is 9.72 Å². The second-order valence-electron chi connectivity index (χ2n) is 7.11. The van der Waals surface area contributed by atoms with E-state index in [2.05, 4.69) is 48.3 Å². The SMILES string of the molecule is COc1ccc(C(=O)CC(c2ccc(C)cc2)c2c[nH]c3ccccc23)cc1. The summed E-state index contributed by atoms with van der Waals surface area (Å²) in [4.78, 5) is 16.4. The fourth-order valence-corrected chi connectivity index (χ4v) is 3.67. The first-order valence-corrected chi connectivity index (χ1v) is 9.45. The summed E-state index contributed by atoms with van der Waals surface area (Å²) in [6, 6.07) is 24.0. The Kier molecular flexibility index (Phi) is 4.98. The summed E-state index contributed by atoms with van der Waals surface area (Å²) in [5, 5.41) is 1.16. The average molecular weight is 369 g/mol. The maximum atomic E-state index is 13.1. The lowest BCUT2D eigenvalue weighted by atomic mass is 9.85. The van der Waals surface area contributed by atoms with Gasteiger partial charge in [0, 0.05) is 35.0 Å². The second-order valence-corrected chi connectivity index (χ2v) is 7.11. The van der Waals surface area contributed by atoms with Gasteiger partial charge in [0.25, 0.3) is 0 Å². The van der Waals surface area contributed by atoms with Crippen molar-refractivity contribution in [2.75, 3.05) is 7.11 Å². The quantitative estimate of drug-likeness (QED) is 0.431. The number of ether oxygens (including phenoxy) is 1. The third kappa shape index (κ3) is 3.56. The molecule has 0 bridgehead atoms. The van der Waals surface area contributed by atoms with Crippen LogP contribution >= 0.6 is 0 Å². The Bertz CT molecular complexity index is 1090. The summed E-state index contributed by atoms with van der Waals surface area (Å²) in [5.41, 5.74) is 5.31. The maximum Gasteiger partial charge on any atom is 0.163 e. The Morgan fingerprint density at radius 1 is 0.964 bits per heavy atom. The summed E-state index contributed by atoms with van der Waals surface area (Å²) >= 11 is 0. The van der Waals surface area contributed by atoms with Crippen LogP contribution < -0.4 is 4.74 Å². The summed E-state index contributed by atoms with van der Waals surface area (Å²) < 4.78 is 5.20. The highest BCUT2D eigenvalue weighted by atomic mass is 16.5. The van der Waals surface area contributed by atoms with Crippen molar-refractivity contribution in [1.82, 2.24) is 4.98 Å². The van der Waals surface area contributed by atoms with E-state index in [0.717, 1.165) is 27.8 Å². The van der Waals surface area contributed by atoms with Crippen molar-refractivity contribution in [1.29, 1.82) is 0 Å². The van der Waals surface area contributed by atoms with Crippen molar-refractivity contribution < 1.29 is 9.53 Å². The molecule has 0 spiro atoms. The molecule has 0 saturated carbocycles. The number of aromatic amines is 1. The standard InChI is InChI=1S/C25H23NO2/c1-17-7-9-18(10-8-17)22(23-16-26-24-6-4-3-5-21(23)24)15-25(27)19-11-13-20(28-2)14-12-19/h3-14,16,22,26H,15H2,1-2H3. The predicted molar refractivity (Wildman–Crippen MR) is 113 cm³/mol. The van der Waals surface area contributed by atoms with Crippen molar-refractivity contribution in [2.24, 2.45) is 0 Å². The molecular formula is C25H23NO2. The summed E-state index contributed by atoms with van der Waals surface area (Å²) in [6.07, 6.45) is 2.45. The van der Waals surface area contributed by atoms with Crippen LogP contribution in [0.2, 0.25) is 0 Å². The Labute approximate surface area is 165 Å². The molecule has 4 aromatic rings. The average Bonchev–Trinajstić information content (AvgIpc) is 3.16. The van der Waals surface area contributed by atoms with E-state index >= 15 is 0 Å². The van der Waals surface area contributed by atoms with E-state index in [0.29, 0.717) is 12.0 Å².